The van der Waals surface area contributed by atoms with Gasteiger partial charge in [0.2, 0.25) is 0 Å². The Morgan fingerprint density at radius 3 is 2.23 bits per heavy atom. The topological polar surface area (TPSA) is 91.4 Å². The van der Waals surface area contributed by atoms with Gasteiger partial charge in [-0.25, -0.2) is 9.59 Å². The van der Waals surface area contributed by atoms with Gasteiger partial charge in [-0.15, -0.1) is 0 Å². The molecule has 0 N–H and O–H groups in total. The Morgan fingerprint density at radius 1 is 0.930 bits per heavy atom. The zero-order valence-electron chi connectivity index (χ0n) is 25.0. The number of likely N-dealkylation sites (tertiary alicyclic amines) is 1. The van der Waals surface area contributed by atoms with E-state index in [2.05, 4.69) is 18.7 Å². The lowest BCUT2D eigenvalue weighted by molar-refractivity contribution is -0.150. The van der Waals surface area contributed by atoms with E-state index in [1.807, 2.05) is 73.7 Å². The van der Waals surface area contributed by atoms with Gasteiger partial charge in [0.05, 0.1) is 26.7 Å². The molecule has 0 aliphatic carbocycles. The van der Waals surface area contributed by atoms with E-state index in [9.17, 15) is 14.4 Å². The quantitative estimate of drug-likeness (QED) is 0.190. The van der Waals surface area contributed by atoms with Crippen LogP contribution in [0.5, 0.6) is 5.75 Å². The van der Waals surface area contributed by atoms with E-state index in [0.717, 1.165) is 28.9 Å². The Kier molecular flexibility index (Phi) is 11.0. The Hall–Kier alpha value is -4.59. The molecule has 3 aromatic carbocycles. The first-order valence-corrected chi connectivity index (χ1v) is 14.5. The summed E-state index contributed by atoms with van der Waals surface area (Å²) in [5, 5.41) is 0. The average Bonchev–Trinajstić information content (AvgIpc) is 3.40. The molecule has 1 aliphatic heterocycles. The number of hydrogen-bond acceptors (Lipinski definition) is 7. The van der Waals surface area contributed by atoms with Crippen LogP contribution in [0.2, 0.25) is 0 Å². The van der Waals surface area contributed by atoms with Crippen molar-refractivity contribution in [2.45, 2.75) is 39.3 Å². The lowest BCUT2D eigenvalue weighted by Crippen LogP contribution is -2.45. The van der Waals surface area contributed by atoms with Gasteiger partial charge in [-0.3, -0.25) is 9.69 Å². The molecule has 1 heterocycles. The number of benzene rings is 3. The Bertz CT molecular complexity index is 1410. The second-order valence-electron chi connectivity index (χ2n) is 10.5. The average molecular weight is 586 g/mol. The highest BCUT2D eigenvalue weighted by Gasteiger charge is 2.51. The van der Waals surface area contributed by atoms with Gasteiger partial charge in [0.1, 0.15) is 18.4 Å². The van der Waals surface area contributed by atoms with E-state index in [-0.39, 0.29) is 26.2 Å². The standard InChI is InChI=1S/C35H39NO7/c1-5-41-34(38)33-29(21-32(37)40-4)30(22-36(33)35(39)43-23-27-14-10-7-11-15-27)25(3)28-16-17-31(24(2)20-28)42-19-18-26-12-8-6-9-13-26/h6-17,20,29-30,33H,3,5,18-19,21-23H2,1-2,4H3/t29-,30+,33-/m0/s1. The van der Waals surface area contributed by atoms with Crippen molar-refractivity contribution in [1.82, 2.24) is 4.90 Å². The third-order valence-corrected chi connectivity index (χ3v) is 7.73. The van der Waals surface area contributed by atoms with Gasteiger partial charge in [0.15, 0.2) is 0 Å². The predicted molar refractivity (Wildman–Crippen MR) is 163 cm³/mol. The molecule has 4 rings (SSSR count). The van der Waals surface area contributed by atoms with Crippen LogP contribution in [0.15, 0.2) is 85.4 Å². The van der Waals surface area contributed by atoms with E-state index >= 15 is 0 Å². The van der Waals surface area contributed by atoms with Crippen LogP contribution in [0.25, 0.3) is 5.57 Å². The van der Waals surface area contributed by atoms with Crippen LogP contribution in [-0.4, -0.2) is 55.8 Å². The second kappa shape index (κ2) is 15.0. The molecule has 43 heavy (non-hydrogen) atoms. The van der Waals surface area contributed by atoms with Gasteiger partial charge in [0, 0.05) is 24.8 Å². The molecule has 1 fully saturated rings. The Morgan fingerprint density at radius 2 is 1.60 bits per heavy atom. The lowest BCUT2D eigenvalue weighted by atomic mass is 9.80. The van der Waals surface area contributed by atoms with E-state index in [0.29, 0.717) is 12.2 Å². The van der Waals surface area contributed by atoms with Gasteiger partial charge >= 0.3 is 18.0 Å². The summed E-state index contributed by atoms with van der Waals surface area (Å²) in [6.07, 6.45) is 0.0360. The maximum atomic E-state index is 13.4. The molecule has 0 spiro atoms. The summed E-state index contributed by atoms with van der Waals surface area (Å²) in [7, 11) is 1.30. The van der Waals surface area contributed by atoms with Crippen molar-refractivity contribution in [3.63, 3.8) is 0 Å². The zero-order chi connectivity index (χ0) is 30.8. The molecule has 0 bridgehead atoms. The van der Waals surface area contributed by atoms with Crippen LogP contribution in [0.3, 0.4) is 0 Å². The molecule has 0 aromatic heterocycles. The molecule has 3 aromatic rings. The van der Waals surface area contributed by atoms with Crippen LogP contribution >= 0.6 is 0 Å². The van der Waals surface area contributed by atoms with E-state index in [1.54, 1.807) is 6.92 Å². The van der Waals surface area contributed by atoms with Crippen LogP contribution < -0.4 is 4.74 Å². The third kappa shape index (κ3) is 8.03. The predicted octanol–water partition coefficient (Wildman–Crippen LogP) is 6.01. The molecule has 1 saturated heterocycles. The number of amides is 1. The smallest absolute Gasteiger partial charge is 0.410 e. The van der Waals surface area contributed by atoms with Crippen LogP contribution in [0, 0.1) is 18.8 Å². The van der Waals surface area contributed by atoms with E-state index in [4.69, 9.17) is 18.9 Å². The number of carbonyl (C=O) groups excluding carboxylic acids is 3. The number of nitrogens with zero attached hydrogens (tertiary/aromatic N) is 1. The fourth-order valence-electron chi connectivity index (χ4n) is 5.48. The maximum absolute atomic E-state index is 13.4. The normalized spacial score (nSPS) is 17.7. The molecule has 226 valence electrons. The Balaban J connectivity index is 1.55. The summed E-state index contributed by atoms with van der Waals surface area (Å²) in [5.74, 6) is -1.37. The maximum Gasteiger partial charge on any atom is 0.410 e. The molecule has 1 aliphatic rings. The van der Waals surface area contributed by atoms with E-state index in [1.165, 1.54) is 17.6 Å². The van der Waals surface area contributed by atoms with E-state index < -0.39 is 35.9 Å². The summed E-state index contributed by atoms with van der Waals surface area (Å²) in [6.45, 7) is 8.87. The number of hydrogen-bond donors (Lipinski definition) is 0. The number of esters is 2. The highest BCUT2D eigenvalue weighted by atomic mass is 16.6. The SMILES string of the molecule is C=C(c1ccc(OCCc2ccccc2)c(C)c1)[C@H]1CN(C(=O)OCc2ccccc2)[C@H](C(=O)OCC)[C@H]1CC(=O)OC. The van der Waals surface area contributed by atoms with Crippen molar-refractivity contribution in [2.24, 2.45) is 11.8 Å². The molecule has 1 amide bonds. The fourth-order valence-corrected chi connectivity index (χ4v) is 5.48. The van der Waals surface area contributed by atoms with Crippen molar-refractivity contribution in [3.05, 3.63) is 108 Å². The summed E-state index contributed by atoms with van der Waals surface area (Å²) in [4.78, 5) is 40.5. The summed E-state index contributed by atoms with van der Waals surface area (Å²) < 4.78 is 22.0. The first kappa shape index (κ1) is 31.3. The summed E-state index contributed by atoms with van der Waals surface area (Å²) in [6, 6.07) is 24.2. The van der Waals surface area contributed by atoms with Gasteiger partial charge in [-0.2, -0.15) is 0 Å². The Labute approximate surface area is 253 Å². The largest absolute Gasteiger partial charge is 0.493 e. The van der Waals surface area contributed by atoms with Gasteiger partial charge < -0.3 is 18.9 Å². The molecule has 0 radical (unpaired) electrons. The fraction of sp³-hybridized carbons (Fsp3) is 0.343. The monoisotopic (exact) mass is 585 g/mol. The minimum atomic E-state index is -1.04. The van der Waals surface area contributed by atoms with Crippen molar-refractivity contribution < 1.29 is 33.3 Å². The van der Waals surface area contributed by atoms with Gasteiger partial charge in [0.25, 0.3) is 0 Å². The molecule has 0 saturated carbocycles. The third-order valence-electron chi connectivity index (χ3n) is 7.73. The molecular formula is C35H39NO7. The van der Waals surface area contributed by atoms with Crippen LogP contribution in [0.1, 0.15) is 35.6 Å². The number of aryl methyl sites for hydroxylation is 1. The molecule has 8 nitrogen and oxygen atoms in total. The molecule has 0 unspecified atom stereocenters. The molecule has 3 atom stereocenters. The highest BCUT2D eigenvalue weighted by molar-refractivity contribution is 5.85. The molecule has 8 heteroatoms. The van der Waals surface area contributed by atoms with Crippen molar-refractivity contribution in [2.75, 3.05) is 26.9 Å². The minimum Gasteiger partial charge on any atom is -0.493 e. The number of ether oxygens (including phenoxy) is 4. The minimum absolute atomic E-state index is 0.0456. The molecular weight excluding hydrogens is 546 g/mol. The first-order valence-electron chi connectivity index (χ1n) is 14.5. The first-order chi connectivity index (χ1) is 20.8. The number of rotatable bonds is 12. The second-order valence-corrected chi connectivity index (χ2v) is 10.5. The lowest BCUT2D eigenvalue weighted by Gasteiger charge is -2.26. The van der Waals surface area contributed by atoms with Crippen molar-refractivity contribution in [3.8, 4) is 5.75 Å². The summed E-state index contributed by atoms with van der Waals surface area (Å²) in [5.41, 5.74) is 4.47. The summed E-state index contributed by atoms with van der Waals surface area (Å²) >= 11 is 0. The van der Waals surface area contributed by atoms with Crippen molar-refractivity contribution >= 4 is 23.6 Å². The van der Waals surface area contributed by atoms with Crippen LogP contribution in [-0.2, 0) is 36.8 Å². The van der Waals surface area contributed by atoms with Crippen molar-refractivity contribution in [1.29, 1.82) is 0 Å². The highest BCUT2D eigenvalue weighted by Crippen LogP contribution is 2.42. The number of carbonyl (C=O) groups is 3. The number of methoxy groups -OCH3 is 1. The van der Waals surface area contributed by atoms with Gasteiger partial charge in [-0.1, -0.05) is 73.3 Å². The van der Waals surface area contributed by atoms with Crippen LogP contribution in [0.4, 0.5) is 4.79 Å². The zero-order valence-corrected chi connectivity index (χ0v) is 25.0. The van der Waals surface area contributed by atoms with Gasteiger partial charge in [-0.05, 0) is 53.8 Å².